The van der Waals surface area contributed by atoms with Gasteiger partial charge in [-0.15, -0.1) is 0 Å². The lowest BCUT2D eigenvalue weighted by Crippen LogP contribution is -2.25. The second kappa shape index (κ2) is 11.2. The lowest BCUT2D eigenvalue weighted by atomic mass is 10.2. The normalized spacial score (nSPS) is 12.4. The number of benzene rings is 2. The first-order valence-electron chi connectivity index (χ1n) is 8.05. The molecule has 148 valence electrons. The number of hydrogen-bond donors (Lipinski definition) is 0. The van der Waals surface area contributed by atoms with Gasteiger partial charge in [0.05, 0.1) is 11.1 Å². The van der Waals surface area contributed by atoms with Crippen molar-refractivity contribution in [2.24, 2.45) is 0 Å². The molecule has 0 saturated heterocycles. The van der Waals surface area contributed by atoms with Gasteiger partial charge in [0.2, 0.25) is 11.1 Å². The summed E-state index contributed by atoms with van der Waals surface area (Å²) in [6.07, 6.45) is -1.20. The predicted octanol–water partition coefficient (Wildman–Crippen LogP) is 3.98. The lowest BCUT2D eigenvalue weighted by molar-refractivity contribution is -0.00479. The Kier molecular flexibility index (Phi) is 8.58. The molecule has 0 aliphatic heterocycles. The predicted molar refractivity (Wildman–Crippen MR) is 100 cm³/mol. The molecule has 28 heavy (non-hydrogen) atoms. The number of alkyl halides is 2. The van der Waals surface area contributed by atoms with Gasteiger partial charge in [0.25, 0.3) is 0 Å². The van der Waals surface area contributed by atoms with E-state index in [9.17, 15) is 14.4 Å². The van der Waals surface area contributed by atoms with E-state index < -0.39 is 29.2 Å². The van der Waals surface area contributed by atoms with Crippen LogP contribution in [0.3, 0.4) is 0 Å². The van der Waals surface area contributed by atoms with E-state index in [2.05, 4.69) is 0 Å². The van der Waals surface area contributed by atoms with Gasteiger partial charge in [-0.05, 0) is 24.3 Å². The quantitative estimate of drug-likeness (QED) is 0.358. The summed E-state index contributed by atoms with van der Waals surface area (Å²) >= 11 is 11.5. The maximum atomic E-state index is 11.8. The van der Waals surface area contributed by atoms with Crippen molar-refractivity contribution in [3.63, 3.8) is 0 Å². The van der Waals surface area contributed by atoms with E-state index >= 15 is 0 Å². The van der Waals surface area contributed by atoms with Crippen LogP contribution >= 0.6 is 23.2 Å². The fraction of sp³-hybridized carbons (Fsp3) is 0.211. The molecule has 0 aliphatic rings. The van der Waals surface area contributed by atoms with Gasteiger partial charge in [-0.25, -0.2) is 14.4 Å². The van der Waals surface area contributed by atoms with Crippen LogP contribution in [0.1, 0.15) is 20.7 Å². The van der Waals surface area contributed by atoms with E-state index in [1.165, 1.54) is 0 Å². The molecule has 0 aliphatic carbocycles. The molecule has 0 spiro atoms. The summed E-state index contributed by atoms with van der Waals surface area (Å²) in [5.41, 5.74) is -1.91. The van der Waals surface area contributed by atoms with Crippen LogP contribution in [0.2, 0.25) is 0 Å². The molecule has 0 heterocycles. The van der Waals surface area contributed by atoms with Crippen molar-refractivity contribution in [3.05, 3.63) is 71.8 Å². The number of rotatable bonds is 8. The highest BCUT2D eigenvalue weighted by atomic mass is 35.5. The molecule has 0 fully saturated rings. The van der Waals surface area contributed by atoms with E-state index in [-0.39, 0.29) is 13.2 Å². The van der Waals surface area contributed by atoms with Gasteiger partial charge in [-0.2, -0.15) is 0 Å². The second-order valence-electron chi connectivity index (χ2n) is 5.23. The number of carbonyl (C=O) groups excluding carboxylic acids is 3. The average Bonchev–Trinajstić information content (AvgIpc) is 2.71. The van der Waals surface area contributed by atoms with Gasteiger partial charge in [-0.1, -0.05) is 59.6 Å². The topological polar surface area (TPSA) is 88.1 Å². The van der Waals surface area contributed by atoms with Crippen LogP contribution in [-0.2, 0) is 18.9 Å². The minimum absolute atomic E-state index is 0.329. The van der Waals surface area contributed by atoms with Crippen LogP contribution in [-0.4, -0.2) is 42.4 Å². The Morgan fingerprint density at radius 3 is 1.39 bits per heavy atom. The molecule has 7 nitrogen and oxygen atoms in total. The van der Waals surface area contributed by atoms with Crippen molar-refractivity contribution in [2.75, 3.05) is 13.2 Å². The molecule has 0 radical (unpaired) electrons. The second-order valence-corrected chi connectivity index (χ2v) is 6.21. The molecule has 2 aromatic rings. The summed E-state index contributed by atoms with van der Waals surface area (Å²) < 4.78 is 19.2. The number of esters is 2. The number of hydrogen-bond acceptors (Lipinski definition) is 7. The largest absolute Gasteiger partial charge is 0.511 e. The van der Waals surface area contributed by atoms with Crippen LogP contribution in [0.4, 0.5) is 4.79 Å². The zero-order valence-corrected chi connectivity index (χ0v) is 16.0. The molecule has 0 bridgehead atoms. The van der Waals surface area contributed by atoms with Crippen LogP contribution in [0.25, 0.3) is 0 Å². The summed E-state index contributed by atoms with van der Waals surface area (Å²) in [5.74, 6) is -1.24. The van der Waals surface area contributed by atoms with Gasteiger partial charge < -0.3 is 18.9 Å². The van der Waals surface area contributed by atoms with E-state index in [0.717, 1.165) is 0 Å². The Morgan fingerprint density at radius 2 is 1.04 bits per heavy atom. The minimum atomic E-state index is -1.28. The summed E-state index contributed by atoms with van der Waals surface area (Å²) in [6, 6.07) is 16.5. The Labute approximate surface area is 171 Å². The van der Waals surface area contributed by atoms with E-state index in [4.69, 9.17) is 42.1 Å². The maximum absolute atomic E-state index is 11.8. The van der Waals surface area contributed by atoms with Crippen LogP contribution in [0.5, 0.6) is 0 Å². The van der Waals surface area contributed by atoms with E-state index in [0.29, 0.717) is 11.1 Å². The summed E-state index contributed by atoms with van der Waals surface area (Å²) in [4.78, 5) is 35.1. The molecule has 0 aromatic heterocycles. The molecule has 2 rings (SSSR count). The first-order valence-corrected chi connectivity index (χ1v) is 8.92. The molecule has 2 atom stereocenters. The fourth-order valence-corrected chi connectivity index (χ4v) is 2.17. The highest BCUT2D eigenvalue weighted by molar-refractivity contribution is 6.21. The number of carbonyl (C=O) groups is 3. The average molecular weight is 427 g/mol. The lowest BCUT2D eigenvalue weighted by Gasteiger charge is -2.14. The summed E-state index contributed by atoms with van der Waals surface area (Å²) in [6.45, 7) is -0.777. The highest BCUT2D eigenvalue weighted by Gasteiger charge is 2.20. The van der Waals surface area contributed by atoms with Gasteiger partial charge in [-0.3, -0.25) is 0 Å². The van der Waals surface area contributed by atoms with Crippen LogP contribution < -0.4 is 0 Å². The Balaban J connectivity index is 1.66. The van der Waals surface area contributed by atoms with Crippen molar-refractivity contribution < 1.29 is 33.3 Å². The van der Waals surface area contributed by atoms with Crippen molar-refractivity contribution in [2.45, 2.75) is 11.1 Å². The molecule has 0 N–H and O–H groups in total. The van der Waals surface area contributed by atoms with E-state index in [1.807, 2.05) is 0 Å². The minimum Gasteiger partial charge on any atom is -0.457 e. The van der Waals surface area contributed by atoms with Crippen molar-refractivity contribution in [1.82, 2.24) is 0 Å². The molecular weight excluding hydrogens is 411 g/mol. The van der Waals surface area contributed by atoms with E-state index in [1.54, 1.807) is 60.7 Å². The molecule has 0 saturated carbocycles. The van der Waals surface area contributed by atoms with Crippen LogP contribution in [0.15, 0.2) is 60.7 Å². The third-order valence-electron chi connectivity index (χ3n) is 3.16. The maximum Gasteiger partial charge on any atom is 0.511 e. The molecule has 9 heteroatoms. The molecule has 2 unspecified atom stereocenters. The SMILES string of the molecule is O=C(OC(Cl)COC(=O)c1ccccc1)OC(Cl)COC(=O)c1ccccc1. The molecule has 2 aromatic carbocycles. The van der Waals surface area contributed by atoms with Gasteiger partial charge in [0.1, 0.15) is 13.2 Å². The molecule has 0 amide bonds. The standard InChI is InChI=1S/C19H16Cl2O7/c20-15(11-25-17(22)13-7-3-1-4-8-13)27-19(24)28-16(21)12-26-18(23)14-9-5-2-6-10-14/h1-10,15-16H,11-12H2. The Bertz CT molecular complexity index is 718. The van der Waals surface area contributed by atoms with Gasteiger partial charge in [0, 0.05) is 0 Å². The monoisotopic (exact) mass is 426 g/mol. The van der Waals surface area contributed by atoms with Crippen molar-refractivity contribution in [1.29, 1.82) is 0 Å². The Hall–Kier alpha value is -2.77. The summed E-state index contributed by atoms with van der Waals surface area (Å²) in [5, 5.41) is 0. The molecular formula is C19H16Cl2O7. The third kappa shape index (κ3) is 7.46. The van der Waals surface area contributed by atoms with Crippen molar-refractivity contribution in [3.8, 4) is 0 Å². The number of ether oxygens (including phenoxy) is 4. The highest BCUT2D eigenvalue weighted by Crippen LogP contribution is 2.09. The summed E-state index contributed by atoms with van der Waals surface area (Å²) in [7, 11) is 0. The smallest absolute Gasteiger partial charge is 0.457 e. The zero-order valence-electron chi connectivity index (χ0n) is 14.5. The first kappa shape index (κ1) is 21.5. The van der Waals surface area contributed by atoms with Crippen LogP contribution in [0, 0.1) is 0 Å². The zero-order chi connectivity index (χ0) is 20.4. The Morgan fingerprint density at radius 1 is 0.679 bits per heavy atom. The van der Waals surface area contributed by atoms with Crippen molar-refractivity contribution >= 4 is 41.3 Å². The third-order valence-corrected chi connectivity index (χ3v) is 3.59. The first-order chi connectivity index (χ1) is 13.5. The number of halogens is 2. The van der Waals surface area contributed by atoms with Gasteiger partial charge >= 0.3 is 18.1 Å². The fourth-order valence-electron chi connectivity index (χ4n) is 1.90. The van der Waals surface area contributed by atoms with Gasteiger partial charge in [0.15, 0.2) is 0 Å².